The van der Waals surface area contributed by atoms with Crippen molar-refractivity contribution in [3.8, 4) is 0 Å². The van der Waals surface area contributed by atoms with Gasteiger partial charge in [0.25, 0.3) is 6.43 Å². The van der Waals surface area contributed by atoms with Crippen LogP contribution in [0.2, 0.25) is 5.02 Å². The zero-order chi connectivity index (χ0) is 9.30. The quantitative estimate of drug-likeness (QED) is 0.700. The van der Waals surface area contributed by atoms with Crippen molar-refractivity contribution >= 4 is 27.5 Å². The first-order valence-corrected chi connectivity index (χ1v) is 4.43. The van der Waals surface area contributed by atoms with Crippen molar-refractivity contribution in [3.63, 3.8) is 0 Å². The van der Waals surface area contributed by atoms with Crippen molar-refractivity contribution in [2.24, 2.45) is 0 Å². The fourth-order valence-corrected chi connectivity index (χ4v) is 1.64. The average molecular weight is 255 g/mol. The van der Waals surface area contributed by atoms with E-state index in [2.05, 4.69) is 15.9 Å². The lowest BCUT2D eigenvalue weighted by Crippen LogP contribution is -1.89. The molecule has 1 aromatic rings. The number of hydrogen-bond acceptors (Lipinski definition) is 0. The van der Waals surface area contributed by atoms with E-state index in [1.54, 1.807) is 6.92 Å². The first kappa shape index (κ1) is 9.93. The van der Waals surface area contributed by atoms with Gasteiger partial charge in [0.1, 0.15) is 0 Å². The topological polar surface area (TPSA) is 0 Å². The number of rotatable bonds is 1. The second kappa shape index (κ2) is 3.71. The summed E-state index contributed by atoms with van der Waals surface area (Å²) in [5.41, 5.74) is 0.631. The van der Waals surface area contributed by atoms with Crippen LogP contribution in [0.5, 0.6) is 0 Å². The maximum absolute atomic E-state index is 12.3. The van der Waals surface area contributed by atoms with Gasteiger partial charge in [-0.05, 0) is 34.5 Å². The van der Waals surface area contributed by atoms with E-state index < -0.39 is 6.43 Å². The fourth-order valence-electron chi connectivity index (χ4n) is 0.851. The maximum Gasteiger partial charge on any atom is 0.264 e. The Morgan fingerprint density at radius 1 is 1.42 bits per heavy atom. The first-order chi connectivity index (χ1) is 5.54. The largest absolute Gasteiger partial charge is 0.264 e. The highest BCUT2D eigenvalue weighted by Crippen LogP contribution is 2.33. The zero-order valence-electron chi connectivity index (χ0n) is 6.24. The smallest absolute Gasteiger partial charge is 0.205 e. The highest BCUT2D eigenvalue weighted by Gasteiger charge is 2.13. The van der Waals surface area contributed by atoms with E-state index in [-0.39, 0.29) is 5.56 Å². The second-order valence-corrected chi connectivity index (χ2v) is 3.58. The molecule has 0 atom stereocenters. The number of hydrogen-bond donors (Lipinski definition) is 0. The molecule has 66 valence electrons. The molecule has 0 aliphatic rings. The molecule has 0 saturated heterocycles. The average Bonchev–Trinajstić information content (AvgIpc) is 2.00. The Morgan fingerprint density at radius 3 is 2.50 bits per heavy atom. The van der Waals surface area contributed by atoms with Crippen molar-refractivity contribution in [1.82, 2.24) is 0 Å². The van der Waals surface area contributed by atoms with Crippen molar-refractivity contribution in [2.75, 3.05) is 0 Å². The van der Waals surface area contributed by atoms with Gasteiger partial charge >= 0.3 is 0 Å². The minimum atomic E-state index is -2.46. The number of alkyl halides is 2. The van der Waals surface area contributed by atoms with Gasteiger partial charge in [0.15, 0.2) is 0 Å². The Bertz CT molecular complexity index is 299. The summed E-state index contributed by atoms with van der Waals surface area (Å²) in [6.07, 6.45) is -2.46. The van der Waals surface area contributed by atoms with E-state index in [9.17, 15) is 8.78 Å². The van der Waals surface area contributed by atoms with Crippen LogP contribution >= 0.6 is 27.5 Å². The molecule has 0 N–H and O–H groups in total. The molecular weight excluding hydrogens is 249 g/mol. The molecular formula is C8H6BrClF2. The molecule has 0 amide bonds. The summed E-state index contributed by atoms with van der Waals surface area (Å²) in [5, 5.41) is 0.492. The van der Waals surface area contributed by atoms with Crippen LogP contribution in [0.3, 0.4) is 0 Å². The van der Waals surface area contributed by atoms with Gasteiger partial charge in [0.2, 0.25) is 0 Å². The van der Waals surface area contributed by atoms with Gasteiger partial charge in [-0.25, -0.2) is 8.78 Å². The third-order valence-electron chi connectivity index (χ3n) is 1.59. The maximum atomic E-state index is 12.3. The molecule has 0 bridgehead atoms. The predicted octanol–water partition coefficient (Wildman–Crippen LogP) is 4.35. The molecule has 0 aliphatic carbocycles. The van der Waals surface area contributed by atoms with Crippen LogP contribution in [0, 0.1) is 6.92 Å². The van der Waals surface area contributed by atoms with E-state index >= 15 is 0 Å². The summed E-state index contributed by atoms with van der Waals surface area (Å²) in [4.78, 5) is 0. The highest BCUT2D eigenvalue weighted by atomic mass is 79.9. The Balaban J connectivity index is 3.27. The molecule has 1 rings (SSSR count). The lowest BCUT2D eigenvalue weighted by atomic mass is 10.1. The van der Waals surface area contributed by atoms with E-state index in [0.717, 1.165) is 0 Å². The van der Waals surface area contributed by atoms with Gasteiger partial charge in [-0.1, -0.05) is 17.7 Å². The van der Waals surface area contributed by atoms with Crippen LogP contribution in [0.25, 0.3) is 0 Å². The zero-order valence-corrected chi connectivity index (χ0v) is 8.59. The molecule has 0 nitrogen and oxygen atoms in total. The van der Waals surface area contributed by atoms with Gasteiger partial charge in [-0.3, -0.25) is 0 Å². The van der Waals surface area contributed by atoms with Crippen molar-refractivity contribution in [1.29, 1.82) is 0 Å². The van der Waals surface area contributed by atoms with E-state index in [1.165, 1.54) is 12.1 Å². The molecule has 1 aromatic carbocycles. The van der Waals surface area contributed by atoms with Crippen LogP contribution in [-0.4, -0.2) is 0 Å². The second-order valence-electron chi connectivity index (χ2n) is 2.38. The van der Waals surface area contributed by atoms with Gasteiger partial charge in [0.05, 0.1) is 0 Å². The van der Waals surface area contributed by atoms with Crippen LogP contribution < -0.4 is 0 Å². The third kappa shape index (κ3) is 1.77. The Labute approximate surface area is 82.7 Å². The number of benzene rings is 1. The minimum absolute atomic E-state index is 0.0168. The summed E-state index contributed by atoms with van der Waals surface area (Å²) in [5.74, 6) is 0. The molecule has 4 heteroatoms. The summed E-state index contributed by atoms with van der Waals surface area (Å²) >= 11 is 8.78. The van der Waals surface area contributed by atoms with Gasteiger partial charge < -0.3 is 0 Å². The molecule has 0 saturated carbocycles. The van der Waals surface area contributed by atoms with Gasteiger partial charge in [-0.15, -0.1) is 0 Å². The van der Waals surface area contributed by atoms with Crippen LogP contribution in [0.15, 0.2) is 16.6 Å². The fraction of sp³-hybridized carbons (Fsp3) is 0.250. The van der Waals surface area contributed by atoms with Gasteiger partial charge in [0, 0.05) is 15.1 Å². The van der Waals surface area contributed by atoms with Crippen molar-refractivity contribution in [3.05, 3.63) is 32.8 Å². The molecule has 0 aromatic heterocycles. The van der Waals surface area contributed by atoms with E-state index in [1.807, 2.05) is 0 Å². The summed E-state index contributed by atoms with van der Waals surface area (Å²) in [7, 11) is 0. The van der Waals surface area contributed by atoms with Crippen LogP contribution in [0.1, 0.15) is 17.6 Å². The molecule has 0 fully saturated rings. The van der Waals surface area contributed by atoms with Crippen LogP contribution in [-0.2, 0) is 0 Å². The van der Waals surface area contributed by atoms with E-state index in [0.29, 0.717) is 15.1 Å². The molecule has 0 heterocycles. The van der Waals surface area contributed by atoms with Crippen molar-refractivity contribution < 1.29 is 8.78 Å². The molecule has 0 unspecified atom stereocenters. The minimum Gasteiger partial charge on any atom is -0.205 e. The first-order valence-electron chi connectivity index (χ1n) is 3.26. The number of halogens is 4. The predicted molar refractivity (Wildman–Crippen MR) is 48.8 cm³/mol. The summed E-state index contributed by atoms with van der Waals surface area (Å²) in [6, 6.07) is 2.80. The molecule has 12 heavy (non-hydrogen) atoms. The Hall–Kier alpha value is -0.150. The van der Waals surface area contributed by atoms with Crippen LogP contribution in [0.4, 0.5) is 8.78 Å². The standard InChI is InChI=1S/C8H6BrClF2/c1-4-6(10)3-2-5(7(4)9)8(11)12/h2-3,8H,1H3. The lowest BCUT2D eigenvalue weighted by molar-refractivity contribution is 0.150. The van der Waals surface area contributed by atoms with Crippen molar-refractivity contribution in [2.45, 2.75) is 13.3 Å². The SMILES string of the molecule is Cc1c(Cl)ccc(C(F)F)c1Br. The summed E-state index contributed by atoms with van der Waals surface area (Å²) in [6.45, 7) is 1.69. The third-order valence-corrected chi connectivity index (χ3v) is 3.05. The lowest BCUT2D eigenvalue weighted by Gasteiger charge is -2.06. The molecule has 0 radical (unpaired) electrons. The normalized spacial score (nSPS) is 10.8. The molecule has 0 spiro atoms. The molecule has 0 aliphatic heterocycles. The summed E-state index contributed by atoms with van der Waals surface area (Å²) < 4.78 is 24.9. The monoisotopic (exact) mass is 254 g/mol. The van der Waals surface area contributed by atoms with Gasteiger partial charge in [-0.2, -0.15) is 0 Å². The Kier molecular flexibility index (Phi) is 3.07. The Morgan fingerprint density at radius 2 is 2.00 bits per heavy atom. The highest BCUT2D eigenvalue weighted by molar-refractivity contribution is 9.10. The van der Waals surface area contributed by atoms with E-state index in [4.69, 9.17) is 11.6 Å².